The van der Waals surface area contributed by atoms with Crippen LogP contribution < -0.4 is 15.0 Å². The van der Waals surface area contributed by atoms with Crippen molar-refractivity contribution >= 4 is 35.1 Å². The lowest BCUT2D eigenvalue weighted by Gasteiger charge is -2.32. The number of nitrogens with one attached hydrogen (secondary N) is 1. The molecular weight excluding hydrogens is 496 g/mol. The van der Waals surface area contributed by atoms with Gasteiger partial charge in [-0.2, -0.15) is 0 Å². The maximum Gasteiger partial charge on any atom is 0.318 e. The van der Waals surface area contributed by atoms with Crippen LogP contribution in [0, 0.1) is 0 Å². The molecule has 0 radical (unpaired) electrons. The van der Waals surface area contributed by atoms with Crippen LogP contribution in [0.25, 0.3) is 0 Å². The maximum atomic E-state index is 13.7. The van der Waals surface area contributed by atoms with Crippen LogP contribution in [-0.2, 0) is 16.1 Å². The number of nitrogens with zero attached hydrogens (tertiary/aromatic N) is 3. The van der Waals surface area contributed by atoms with Crippen molar-refractivity contribution in [1.82, 2.24) is 15.1 Å². The van der Waals surface area contributed by atoms with Crippen molar-refractivity contribution in [3.05, 3.63) is 58.6 Å². The molecule has 0 aromatic heterocycles. The Balaban J connectivity index is 1.54. The van der Waals surface area contributed by atoms with Crippen LogP contribution in [-0.4, -0.2) is 79.2 Å². The van der Waals surface area contributed by atoms with E-state index in [0.29, 0.717) is 55.8 Å². The number of anilines is 1. The first kappa shape index (κ1) is 26.8. The second-order valence-electron chi connectivity index (χ2n) is 9.20. The van der Waals surface area contributed by atoms with Crippen molar-refractivity contribution in [3.63, 3.8) is 0 Å². The van der Waals surface area contributed by atoms with Gasteiger partial charge in [0.25, 0.3) is 5.91 Å². The monoisotopic (exact) mass is 528 g/mol. The Bertz CT molecular complexity index is 1150. The number of amides is 4. The lowest BCUT2D eigenvalue weighted by Crippen LogP contribution is -2.55. The topological polar surface area (TPSA) is 91.4 Å². The van der Waals surface area contributed by atoms with Gasteiger partial charge in [0.15, 0.2) is 0 Å². The largest absolute Gasteiger partial charge is 0.494 e. The Morgan fingerprint density at radius 3 is 2.59 bits per heavy atom. The minimum Gasteiger partial charge on any atom is -0.494 e. The number of para-hydroxylation sites is 1. The van der Waals surface area contributed by atoms with E-state index in [-0.39, 0.29) is 30.4 Å². The summed E-state index contributed by atoms with van der Waals surface area (Å²) in [5.74, 6) is 0.198. The van der Waals surface area contributed by atoms with E-state index in [1.165, 1.54) is 0 Å². The van der Waals surface area contributed by atoms with Crippen LogP contribution in [0.2, 0.25) is 5.02 Å². The third-order valence-electron chi connectivity index (χ3n) is 6.62. The van der Waals surface area contributed by atoms with Crippen molar-refractivity contribution in [2.45, 2.75) is 39.4 Å². The molecule has 1 fully saturated rings. The van der Waals surface area contributed by atoms with Crippen molar-refractivity contribution in [1.29, 1.82) is 0 Å². The van der Waals surface area contributed by atoms with Crippen LogP contribution >= 0.6 is 11.6 Å². The van der Waals surface area contributed by atoms with Crippen molar-refractivity contribution in [3.8, 4) is 5.75 Å². The molecule has 2 aliphatic rings. The van der Waals surface area contributed by atoms with Gasteiger partial charge in [-0.3, -0.25) is 9.59 Å². The number of fused-ring (bicyclic) bond motifs is 1. The number of rotatable bonds is 5. The minimum atomic E-state index is -0.684. The van der Waals surface area contributed by atoms with E-state index < -0.39 is 6.04 Å². The van der Waals surface area contributed by atoms with Gasteiger partial charge in [-0.05, 0) is 50.6 Å². The molecule has 0 spiro atoms. The van der Waals surface area contributed by atoms with Crippen molar-refractivity contribution < 1.29 is 23.9 Å². The smallest absolute Gasteiger partial charge is 0.318 e. The normalized spacial score (nSPS) is 18.5. The Kier molecular flexibility index (Phi) is 8.56. The van der Waals surface area contributed by atoms with Gasteiger partial charge in [-0.1, -0.05) is 29.8 Å². The molecule has 0 aliphatic carbocycles. The molecule has 1 saturated heterocycles. The summed E-state index contributed by atoms with van der Waals surface area (Å²) < 4.78 is 10.8. The molecule has 2 heterocycles. The Morgan fingerprint density at radius 1 is 1.16 bits per heavy atom. The summed E-state index contributed by atoms with van der Waals surface area (Å²) in [5, 5.41) is 3.16. The zero-order valence-corrected chi connectivity index (χ0v) is 22.2. The number of urea groups is 1. The zero-order valence-electron chi connectivity index (χ0n) is 21.4. The molecular formula is C27H33ClN4O5. The number of carbonyl (C=O) groups excluding carboxylic acids is 3. The van der Waals surface area contributed by atoms with E-state index >= 15 is 0 Å². The Morgan fingerprint density at radius 2 is 1.89 bits per heavy atom. The summed E-state index contributed by atoms with van der Waals surface area (Å²) in [6, 6.07) is 11.2. The van der Waals surface area contributed by atoms with Gasteiger partial charge >= 0.3 is 6.03 Å². The first-order chi connectivity index (χ1) is 17.8. The molecule has 0 bridgehead atoms. The third-order valence-corrected chi connectivity index (χ3v) is 6.94. The van der Waals surface area contributed by atoms with E-state index in [4.69, 9.17) is 21.1 Å². The van der Waals surface area contributed by atoms with Gasteiger partial charge < -0.3 is 29.5 Å². The van der Waals surface area contributed by atoms with Crippen molar-refractivity contribution in [2.75, 3.05) is 44.4 Å². The average molecular weight is 529 g/mol. The molecule has 2 atom stereocenters. The highest BCUT2D eigenvalue weighted by Gasteiger charge is 2.33. The molecule has 4 rings (SSSR count). The molecule has 4 amide bonds. The summed E-state index contributed by atoms with van der Waals surface area (Å²) in [7, 11) is 0. The van der Waals surface area contributed by atoms with Crippen LogP contribution in [0.5, 0.6) is 5.75 Å². The third kappa shape index (κ3) is 5.99. The molecule has 198 valence electrons. The summed E-state index contributed by atoms with van der Waals surface area (Å²) in [4.78, 5) is 44.9. The maximum absolute atomic E-state index is 13.7. The van der Waals surface area contributed by atoms with Gasteiger partial charge in [-0.15, -0.1) is 0 Å². The van der Waals surface area contributed by atoms with Gasteiger partial charge in [0.2, 0.25) is 5.91 Å². The van der Waals surface area contributed by atoms with Gasteiger partial charge in [0.1, 0.15) is 11.8 Å². The number of benzene rings is 2. The summed E-state index contributed by atoms with van der Waals surface area (Å²) >= 11 is 6.47. The summed E-state index contributed by atoms with van der Waals surface area (Å²) in [5.41, 5.74) is 1.90. The van der Waals surface area contributed by atoms with E-state index in [9.17, 15) is 14.4 Å². The molecule has 2 aliphatic heterocycles. The quantitative estimate of drug-likeness (QED) is 0.641. The highest BCUT2D eigenvalue weighted by atomic mass is 35.5. The minimum absolute atomic E-state index is 0.138. The summed E-state index contributed by atoms with van der Waals surface area (Å²) in [6.45, 7) is 8.52. The van der Waals surface area contributed by atoms with E-state index in [0.717, 1.165) is 11.3 Å². The fourth-order valence-corrected chi connectivity index (χ4v) is 4.88. The molecule has 37 heavy (non-hydrogen) atoms. The van der Waals surface area contributed by atoms with Crippen LogP contribution in [0.15, 0.2) is 42.5 Å². The van der Waals surface area contributed by atoms with E-state index in [2.05, 4.69) is 5.32 Å². The SMILES string of the molecule is CCOc1ccc(C(=O)N2C[C@@H](C)N(C(=O)N[C@@H](C)C(=O)N3CCOCC3)Cc3ccccc32)c(Cl)c1. The molecule has 9 nitrogen and oxygen atoms in total. The number of ether oxygens (including phenoxy) is 2. The fourth-order valence-electron chi connectivity index (χ4n) is 4.63. The molecule has 2 aromatic rings. The number of halogens is 1. The van der Waals surface area contributed by atoms with Crippen molar-refractivity contribution in [2.24, 2.45) is 0 Å². The Labute approximate surface area is 222 Å². The van der Waals surface area contributed by atoms with E-state index in [1.807, 2.05) is 38.1 Å². The number of hydrogen-bond acceptors (Lipinski definition) is 5. The van der Waals surface area contributed by atoms with Crippen LogP contribution in [0.1, 0.15) is 36.7 Å². The molecule has 1 N–H and O–H groups in total. The first-order valence-electron chi connectivity index (χ1n) is 12.6. The van der Waals surface area contributed by atoms with Gasteiger partial charge in [0, 0.05) is 37.9 Å². The number of hydrogen-bond donors (Lipinski definition) is 1. The molecule has 0 saturated carbocycles. The molecule has 2 aromatic carbocycles. The molecule has 10 heteroatoms. The second-order valence-corrected chi connectivity index (χ2v) is 9.61. The fraction of sp³-hybridized carbons (Fsp3) is 0.444. The van der Waals surface area contributed by atoms with Gasteiger partial charge in [0.05, 0.1) is 30.4 Å². The molecule has 0 unspecified atom stereocenters. The standard InChI is InChI=1S/C27H33ClN4O5/c1-4-37-21-9-10-22(23(28)15-21)26(34)32-16-18(2)31(17-20-7-5-6-8-24(20)32)27(35)29-19(3)25(33)30-11-13-36-14-12-30/h5-10,15,18-19H,4,11-14,16-17H2,1-3H3,(H,29,35)/t18-,19+/m1/s1. The summed E-state index contributed by atoms with van der Waals surface area (Å²) in [6.07, 6.45) is 0. The predicted octanol–water partition coefficient (Wildman–Crippen LogP) is 3.55. The van der Waals surface area contributed by atoms with E-state index in [1.54, 1.807) is 39.8 Å². The average Bonchev–Trinajstić information content (AvgIpc) is 3.05. The highest BCUT2D eigenvalue weighted by Crippen LogP contribution is 2.31. The highest BCUT2D eigenvalue weighted by molar-refractivity contribution is 6.34. The lowest BCUT2D eigenvalue weighted by molar-refractivity contribution is -0.136. The second kappa shape index (κ2) is 11.8. The lowest BCUT2D eigenvalue weighted by atomic mass is 10.1. The van der Waals surface area contributed by atoms with Crippen LogP contribution in [0.3, 0.4) is 0 Å². The first-order valence-corrected chi connectivity index (χ1v) is 12.9. The zero-order chi connectivity index (χ0) is 26.5. The van der Waals surface area contributed by atoms with Crippen LogP contribution in [0.4, 0.5) is 10.5 Å². The predicted molar refractivity (Wildman–Crippen MR) is 141 cm³/mol. The Hall–Kier alpha value is -3.30. The number of carbonyl (C=O) groups is 3. The van der Waals surface area contributed by atoms with Gasteiger partial charge in [-0.25, -0.2) is 4.79 Å². The number of morpholine rings is 1.